The van der Waals surface area contributed by atoms with Gasteiger partial charge >= 0.3 is 0 Å². The summed E-state index contributed by atoms with van der Waals surface area (Å²) in [5.41, 5.74) is 4.66. The van der Waals surface area contributed by atoms with Gasteiger partial charge in [0, 0.05) is 38.6 Å². The highest BCUT2D eigenvalue weighted by molar-refractivity contribution is 5.80. The number of carbonyl (C=O) groups excluding carboxylic acids is 1. The zero-order valence-corrected chi connectivity index (χ0v) is 16.2. The Balaban J connectivity index is 1.35. The molecule has 1 fully saturated rings. The van der Waals surface area contributed by atoms with Crippen LogP contribution in [0.4, 0.5) is 5.82 Å². The molecule has 0 spiro atoms. The first-order chi connectivity index (χ1) is 13.7. The minimum absolute atomic E-state index is 0.0325. The van der Waals surface area contributed by atoms with Gasteiger partial charge in [0.15, 0.2) is 5.82 Å². The molecule has 1 unspecified atom stereocenters. The molecule has 2 aliphatic heterocycles. The van der Waals surface area contributed by atoms with Gasteiger partial charge in [0.1, 0.15) is 5.52 Å². The van der Waals surface area contributed by atoms with Gasteiger partial charge in [-0.2, -0.15) is 5.10 Å². The van der Waals surface area contributed by atoms with Gasteiger partial charge in [0.2, 0.25) is 5.91 Å². The van der Waals surface area contributed by atoms with E-state index in [9.17, 15) is 4.79 Å². The van der Waals surface area contributed by atoms with Crippen LogP contribution in [0, 0.1) is 12.8 Å². The molecule has 1 amide bonds. The lowest BCUT2D eigenvalue weighted by atomic mass is 9.94. The zero-order valence-electron chi connectivity index (χ0n) is 16.2. The van der Waals surface area contributed by atoms with E-state index in [-0.39, 0.29) is 11.8 Å². The Morgan fingerprint density at radius 2 is 2.04 bits per heavy atom. The summed E-state index contributed by atoms with van der Waals surface area (Å²) in [4.78, 5) is 22.2. The number of carbonyl (C=O) groups is 1. The molecule has 1 aromatic carbocycles. The zero-order chi connectivity index (χ0) is 19.1. The summed E-state index contributed by atoms with van der Waals surface area (Å²) < 4.78 is 1.88. The normalized spacial score (nSPS) is 19.7. The lowest BCUT2D eigenvalue weighted by Crippen LogP contribution is -2.46. The van der Waals surface area contributed by atoms with E-state index in [1.54, 1.807) is 6.20 Å². The van der Waals surface area contributed by atoms with Crippen molar-refractivity contribution in [1.29, 1.82) is 0 Å². The third-order valence-corrected chi connectivity index (χ3v) is 6.00. The maximum Gasteiger partial charge on any atom is 0.227 e. The van der Waals surface area contributed by atoms with Gasteiger partial charge in [-0.15, -0.1) is 0 Å². The Morgan fingerprint density at radius 3 is 2.93 bits per heavy atom. The molecule has 28 heavy (non-hydrogen) atoms. The number of rotatable bonds is 2. The summed E-state index contributed by atoms with van der Waals surface area (Å²) in [5.74, 6) is 1.26. The molecule has 2 aromatic heterocycles. The fourth-order valence-corrected chi connectivity index (χ4v) is 4.59. The molecule has 6 nitrogen and oxygen atoms in total. The molecule has 1 atom stereocenters. The lowest BCUT2D eigenvalue weighted by molar-refractivity contribution is -0.136. The van der Waals surface area contributed by atoms with Crippen LogP contribution in [0.15, 0.2) is 42.7 Å². The van der Waals surface area contributed by atoms with Gasteiger partial charge in [-0.3, -0.25) is 4.79 Å². The molecule has 0 bridgehead atoms. The summed E-state index contributed by atoms with van der Waals surface area (Å²) in [6.07, 6.45) is 6.59. The molecule has 0 aliphatic carbocycles. The minimum atomic E-state index is 0.0325. The van der Waals surface area contributed by atoms with Gasteiger partial charge in [-0.05, 0) is 43.4 Å². The molecule has 6 heteroatoms. The Hall–Kier alpha value is -2.89. The van der Waals surface area contributed by atoms with E-state index < -0.39 is 0 Å². The van der Waals surface area contributed by atoms with E-state index in [1.807, 2.05) is 22.5 Å². The topological polar surface area (TPSA) is 53.7 Å². The minimum Gasteiger partial charge on any atom is -0.354 e. The summed E-state index contributed by atoms with van der Waals surface area (Å²) >= 11 is 0. The van der Waals surface area contributed by atoms with Crippen molar-refractivity contribution in [2.24, 2.45) is 5.92 Å². The summed E-state index contributed by atoms with van der Waals surface area (Å²) in [6, 6.07) is 10.5. The number of anilines is 1. The number of amides is 1. The number of fused-ring (bicyclic) bond motifs is 2. The van der Waals surface area contributed by atoms with Gasteiger partial charge in [-0.1, -0.05) is 24.3 Å². The van der Waals surface area contributed by atoms with Crippen molar-refractivity contribution in [2.45, 2.75) is 32.7 Å². The quantitative estimate of drug-likeness (QED) is 0.691. The Bertz CT molecular complexity index is 1030. The third-order valence-electron chi connectivity index (χ3n) is 6.00. The SMILES string of the molecule is Cc1cc2c(N3CCCC(C(=O)N4CCc5ccccc5C4)C3)nccn2n1. The van der Waals surface area contributed by atoms with Crippen LogP contribution >= 0.6 is 0 Å². The molecule has 1 saturated heterocycles. The molecular weight excluding hydrogens is 350 g/mol. The first-order valence-electron chi connectivity index (χ1n) is 10.1. The smallest absolute Gasteiger partial charge is 0.227 e. The molecule has 3 aromatic rings. The van der Waals surface area contributed by atoms with Crippen LogP contribution < -0.4 is 4.90 Å². The van der Waals surface area contributed by atoms with E-state index in [0.29, 0.717) is 0 Å². The number of nitrogens with zero attached hydrogens (tertiary/aromatic N) is 5. The Kier molecular flexibility index (Phi) is 4.26. The third kappa shape index (κ3) is 3.03. The monoisotopic (exact) mass is 375 g/mol. The number of aromatic nitrogens is 3. The van der Waals surface area contributed by atoms with Crippen molar-refractivity contribution in [2.75, 3.05) is 24.5 Å². The molecule has 0 N–H and O–H groups in total. The number of piperidine rings is 1. The maximum absolute atomic E-state index is 13.3. The van der Waals surface area contributed by atoms with Crippen molar-refractivity contribution in [3.63, 3.8) is 0 Å². The van der Waals surface area contributed by atoms with Crippen molar-refractivity contribution in [3.05, 3.63) is 59.5 Å². The van der Waals surface area contributed by atoms with Crippen molar-refractivity contribution < 1.29 is 4.79 Å². The fraction of sp³-hybridized carbons (Fsp3) is 0.409. The highest BCUT2D eigenvalue weighted by Gasteiger charge is 2.32. The van der Waals surface area contributed by atoms with E-state index in [4.69, 9.17) is 0 Å². The van der Waals surface area contributed by atoms with Crippen LogP contribution in [0.2, 0.25) is 0 Å². The number of benzene rings is 1. The molecule has 4 heterocycles. The molecule has 0 saturated carbocycles. The average molecular weight is 375 g/mol. The molecule has 0 radical (unpaired) electrons. The van der Waals surface area contributed by atoms with E-state index >= 15 is 0 Å². The lowest BCUT2D eigenvalue weighted by Gasteiger charge is -2.37. The van der Waals surface area contributed by atoms with E-state index in [2.05, 4.69) is 45.3 Å². The fourth-order valence-electron chi connectivity index (χ4n) is 4.59. The number of hydrogen-bond donors (Lipinski definition) is 0. The molecule has 2 aliphatic rings. The average Bonchev–Trinajstić information content (AvgIpc) is 3.13. The van der Waals surface area contributed by atoms with E-state index in [0.717, 1.165) is 62.5 Å². The second-order valence-corrected chi connectivity index (χ2v) is 7.93. The van der Waals surface area contributed by atoms with Crippen molar-refractivity contribution >= 4 is 17.2 Å². The van der Waals surface area contributed by atoms with Crippen LogP contribution in [-0.2, 0) is 17.8 Å². The predicted octanol–water partition coefficient (Wildman–Crippen LogP) is 2.84. The van der Waals surface area contributed by atoms with Crippen LogP contribution in [0.5, 0.6) is 0 Å². The molecule has 144 valence electrons. The second-order valence-electron chi connectivity index (χ2n) is 7.93. The molecule has 5 rings (SSSR count). The first-order valence-corrected chi connectivity index (χ1v) is 10.1. The van der Waals surface area contributed by atoms with E-state index in [1.165, 1.54) is 11.1 Å². The van der Waals surface area contributed by atoms with Crippen LogP contribution in [0.25, 0.3) is 5.52 Å². The van der Waals surface area contributed by atoms with Crippen LogP contribution in [0.1, 0.15) is 29.7 Å². The van der Waals surface area contributed by atoms with Crippen molar-refractivity contribution in [1.82, 2.24) is 19.5 Å². The van der Waals surface area contributed by atoms with Gasteiger partial charge in [-0.25, -0.2) is 9.50 Å². The summed E-state index contributed by atoms with van der Waals surface area (Å²) in [5, 5.41) is 4.49. The van der Waals surface area contributed by atoms with Crippen LogP contribution in [-0.4, -0.2) is 45.0 Å². The highest BCUT2D eigenvalue weighted by Crippen LogP contribution is 2.28. The number of aryl methyl sites for hydroxylation is 1. The summed E-state index contributed by atoms with van der Waals surface area (Å²) in [7, 11) is 0. The van der Waals surface area contributed by atoms with Crippen LogP contribution in [0.3, 0.4) is 0 Å². The second kappa shape index (κ2) is 6.93. The Labute approximate surface area is 164 Å². The van der Waals surface area contributed by atoms with Gasteiger partial charge in [0.05, 0.1) is 11.6 Å². The predicted molar refractivity (Wildman–Crippen MR) is 108 cm³/mol. The Morgan fingerprint density at radius 1 is 1.18 bits per heavy atom. The standard InChI is InChI=1S/C22H25N5O/c1-16-13-20-21(23-9-12-27(20)24-16)25-10-4-7-19(15-25)22(28)26-11-8-17-5-2-3-6-18(17)14-26/h2-3,5-6,9,12-13,19H,4,7-8,10-11,14-15H2,1H3. The van der Waals surface area contributed by atoms with Crippen molar-refractivity contribution in [3.8, 4) is 0 Å². The van der Waals surface area contributed by atoms with Gasteiger partial charge in [0.25, 0.3) is 0 Å². The maximum atomic E-state index is 13.3. The number of hydrogen-bond acceptors (Lipinski definition) is 4. The first kappa shape index (κ1) is 17.2. The largest absolute Gasteiger partial charge is 0.354 e. The summed E-state index contributed by atoms with van der Waals surface area (Å²) in [6.45, 7) is 5.22. The van der Waals surface area contributed by atoms with Gasteiger partial charge < -0.3 is 9.80 Å². The highest BCUT2D eigenvalue weighted by atomic mass is 16.2. The molecular formula is C22H25N5O.